The first-order valence-electron chi connectivity index (χ1n) is 7.77. The standard InChI is InChI=1S/C16H24BrN3O/c1-15(2)14(16(15,3)4)19-12-11(17)8-18-20(13(12)21)9-10-6-5-7-10/h8,10,14,19H,5-7,9H2,1-4H3. The van der Waals surface area contributed by atoms with E-state index >= 15 is 0 Å². The lowest BCUT2D eigenvalue weighted by molar-refractivity contribution is 0.262. The fraction of sp³-hybridized carbons (Fsp3) is 0.750. The molecule has 1 heterocycles. The highest BCUT2D eigenvalue weighted by Gasteiger charge is 2.65. The minimum absolute atomic E-state index is 0.00484. The average molecular weight is 354 g/mol. The Bertz CT molecular complexity index is 602. The molecule has 0 bridgehead atoms. The van der Waals surface area contributed by atoms with Crippen LogP contribution in [-0.2, 0) is 6.54 Å². The molecule has 0 amide bonds. The van der Waals surface area contributed by atoms with E-state index in [1.54, 1.807) is 10.9 Å². The van der Waals surface area contributed by atoms with Gasteiger partial charge in [0.15, 0.2) is 0 Å². The fourth-order valence-electron chi connectivity index (χ4n) is 3.35. The number of nitrogens with zero attached hydrogens (tertiary/aromatic N) is 2. The van der Waals surface area contributed by atoms with E-state index in [0.717, 1.165) is 11.0 Å². The molecule has 1 aromatic heterocycles. The number of halogens is 1. The molecule has 0 aliphatic heterocycles. The zero-order valence-electron chi connectivity index (χ0n) is 13.2. The van der Waals surface area contributed by atoms with Crippen molar-refractivity contribution in [1.82, 2.24) is 9.78 Å². The SMILES string of the molecule is CC1(C)C(Nc2c(Br)cnn(CC3CCC3)c2=O)C1(C)C. The molecule has 4 nitrogen and oxygen atoms in total. The van der Waals surface area contributed by atoms with Gasteiger partial charge >= 0.3 is 0 Å². The van der Waals surface area contributed by atoms with E-state index < -0.39 is 0 Å². The Hall–Kier alpha value is -0.840. The molecule has 2 aliphatic rings. The van der Waals surface area contributed by atoms with Crippen LogP contribution in [0, 0.1) is 16.7 Å². The zero-order chi connectivity index (χ0) is 15.4. The van der Waals surface area contributed by atoms with Crippen LogP contribution in [-0.4, -0.2) is 15.8 Å². The van der Waals surface area contributed by atoms with Crippen molar-refractivity contribution in [3.05, 3.63) is 21.0 Å². The lowest BCUT2D eigenvalue weighted by Gasteiger charge is -2.25. The summed E-state index contributed by atoms with van der Waals surface area (Å²) in [7, 11) is 0. The molecule has 0 spiro atoms. The first-order chi connectivity index (χ1) is 9.75. The van der Waals surface area contributed by atoms with E-state index in [2.05, 4.69) is 54.0 Å². The number of hydrogen-bond donors (Lipinski definition) is 1. The highest BCUT2D eigenvalue weighted by Crippen LogP contribution is 2.63. The van der Waals surface area contributed by atoms with Crippen LogP contribution >= 0.6 is 15.9 Å². The Morgan fingerprint density at radius 1 is 1.33 bits per heavy atom. The Morgan fingerprint density at radius 3 is 2.43 bits per heavy atom. The maximum Gasteiger partial charge on any atom is 0.291 e. The maximum absolute atomic E-state index is 12.7. The highest BCUT2D eigenvalue weighted by molar-refractivity contribution is 9.10. The Morgan fingerprint density at radius 2 is 1.95 bits per heavy atom. The summed E-state index contributed by atoms with van der Waals surface area (Å²) in [5, 5.41) is 7.74. The summed E-state index contributed by atoms with van der Waals surface area (Å²) in [6.45, 7) is 9.72. The second-order valence-corrected chi connectivity index (χ2v) is 8.53. The molecule has 0 unspecified atom stereocenters. The third kappa shape index (κ3) is 2.33. The maximum atomic E-state index is 12.7. The minimum Gasteiger partial charge on any atom is -0.376 e. The van der Waals surface area contributed by atoms with Gasteiger partial charge in [-0.3, -0.25) is 4.79 Å². The summed E-state index contributed by atoms with van der Waals surface area (Å²) in [4.78, 5) is 12.7. The zero-order valence-corrected chi connectivity index (χ0v) is 14.8. The van der Waals surface area contributed by atoms with Gasteiger partial charge in [0, 0.05) is 12.6 Å². The topological polar surface area (TPSA) is 46.9 Å². The molecule has 0 aromatic carbocycles. The lowest BCUT2D eigenvalue weighted by atomic mass is 9.85. The summed E-state index contributed by atoms with van der Waals surface area (Å²) in [6, 6.07) is 0.313. The van der Waals surface area contributed by atoms with Crippen LogP contribution in [0.4, 0.5) is 5.69 Å². The molecule has 0 radical (unpaired) electrons. The van der Waals surface area contributed by atoms with Crippen LogP contribution in [0.3, 0.4) is 0 Å². The number of aromatic nitrogens is 2. The number of rotatable bonds is 4. The molecule has 0 saturated heterocycles. The van der Waals surface area contributed by atoms with Gasteiger partial charge in [-0.15, -0.1) is 0 Å². The van der Waals surface area contributed by atoms with Gasteiger partial charge in [0.1, 0.15) is 5.69 Å². The number of hydrogen-bond acceptors (Lipinski definition) is 3. The van der Waals surface area contributed by atoms with Crippen molar-refractivity contribution in [2.45, 2.75) is 59.5 Å². The lowest BCUT2D eigenvalue weighted by Crippen LogP contribution is -2.31. The summed E-state index contributed by atoms with van der Waals surface area (Å²) in [6.07, 6.45) is 5.46. The van der Waals surface area contributed by atoms with E-state index in [4.69, 9.17) is 0 Å². The Kier molecular flexibility index (Phi) is 3.47. The average Bonchev–Trinajstić information content (AvgIpc) is 2.72. The Labute approximate surface area is 134 Å². The second-order valence-electron chi connectivity index (χ2n) is 7.67. The van der Waals surface area contributed by atoms with Gasteiger partial charge in [0.05, 0.1) is 10.7 Å². The van der Waals surface area contributed by atoms with E-state index in [0.29, 0.717) is 17.6 Å². The van der Waals surface area contributed by atoms with Gasteiger partial charge in [-0.2, -0.15) is 5.10 Å². The molecule has 116 valence electrons. The van der Waals surface area contributed by atoms with Gasteiger partial charge in [-0.25, -0.2) is 4.68 Å². The van der Waals surface area contributed by atoms with Crippen molar-refractivity contribution < 1.29 is 0 Å². The van der Waals surface area contributed by atoms with Crippen LogP contribution in [0.1, 0.15) is 47.0 Å². The normalized spacial score (nSPS) is 23.7. The molecular formula is C16H24BrN3O. The first-order valence-corrected chi connectivity index (χ1v) is 8.56. The largest absolute Gasteiger partial charge is 0.376 e. The second kappa shape index (κ2) is 4.83. The van der Waals surface area contributed by atoms with E-state index in [-0.39, 0.29) is 16.4 Å². The molecule has 3 rings (SSSR count). The molecular weight excluding hydrogens is 330 g/mol. The van der Waals surface area contributed by atoms with Crippen molar-refractivity contribution in [2.75, 3.05) is 5.32 Å². The van der Waals surface area contributed by atoms with Crippen molar-refractivity contribution in [3.63, 3.8) is 0 Å². The minimum atomic E-state index is -0.00484. The molecule has 2 aliphatic carbocycles. The summed E-state index contributed by atoms with van der Waals surface area (Å²) < 4.78 is 2.38. The smallest absolute Gasteiger partial charge is 0.291 e. The quantitative estimate of drug-likeness (QED) is 0.898. The molecule has 0 atom stereocenters. The predicted octanol–water partition coefficient (Wildman–Crippen LogP) is 3.65. The van der Waals surface area contributed by atoms with Gasteiger partial charge < -0.3 is 5.32 Å². The van der Waals surface area contributed by atoms with E-state index in [9.17, 15) is 4.79 Å². The van der Waals surface area contributed by atoms with Crippen LogP contribution in [0.25, 0.3) is 0 Å². The van der Waals surface area contributed by atoms with Gasteiger partial charge in [-0.1, -0.05) is 34.1 Å². The summed E-state index contributed by atoms with van der Waals surface area (Å²) in [5.41, 5.74) is 1.05. The highest BCUT2D eigenvalue weighted by atomic mass is 79.9. The van der Waals surface area contributed by atoms with Crippen LogP contribution < -0.4 is 10.9 Å². The summed E-state index contributed by atoms with van der Waals surface area (Å²) >= 11 is 3.47. The molecule has 21 heavy (non-hydrogen) atoms. The molecule has 5 heteroatoms. The predicted molar refractivity (Wildman–Crippen MR) is 88.5 cm³/mol. The van der Waals surface area contributed by atoms with Gasteiger partial charge in [0.2, 0.25) is 0 Å². The Balaban J connectivity index is 1.85. The first kappa shape index (κ1) is 15.1. The molecule has 2 saturated carbocycles. The third-order valence-electron chi connectivity index (χ3n) is 5.96. The van der Waals surface area contributed by atoms with E-state index in [1.165, 1.54) is 19.3 Å². The molecule has 1 N–H and O–H groups in total. The summed E-state index contributed by atoms with van der Waals surface area (Å²) in [5.74, 6) is 0.623. The van der Waals surface area contributed by atoms with Crippen LogP contribution in [0.15, 0.2) is 15.5 Å². The third-order valence-corrected chi connectivity index (χ3v) is 6.56. The number of anilines is 1. The van der Waals surface area contributed by atoms with Gasteiger partial charge in [-0.05, 0) is 45.5 Å². The van der Waals surface area contributed by atoms with E-state index in [1.807, 2.05) is 0 Å². The van der Waals surface area contributed by atoms with Crippen LogP contribution in [0.5, 0.6) is 0 Å². The fourth-order valence-corrected chi connectivity index (χ4v) is 3.73. The molecule has 2 fully saturated rings. The number of nitrogens with one attached hydrogen (secondary N) is 1. The monoisotopic (exact) mass is 353 g/mol. The van der Waals surface area contributed by atoms with Crippen LogP contribution in [0.2, 0.25) is 0 Å². The van der Waals surface area contributed by atoms with Crippen molar-refractivity contribution in [3.8, 4) is 0 Å². The van der Waals surface area contributed by atoms with Crippen molar-refractivity contribution in [1.29, 1.82) is 0 Å². The van der Waals surface area contributed by atoms with Crippen molar-refractivity contribution >= 4 is 21.6 Å². The van der Waals surface area contributed by atoms with Crippen molar-refractivity contribution in [2.24, 2.45) is 16.7 Å². The van der Waals surface area contributed by atoms with Gasteiger partial charge in [0.25, 0.3) is 5.56 Å². The molecule has 1 aromatic rings.